The zero-order valence-corrected chi connectivity index (χ0v) is 19.7. The van der Waals surface area contributed by atoms with Crippen molar-refractivity contribution in [1.29, 1.82) is 0 Å². The molecule has 33 heavy (non-hydrogen) atoms. The lowest BCUT2D eigenvalue weighted by Crippen LogP contribution is -2.24. The van der Waals surface area contributed by atoms with Crippen LogP contribution in [-0.4, -0.2) is 24.6 Å². The van der Waals surface area contributed by atoms with E-state index in [1.165, 1.54) is 6.21 Å². The molecule has 3 aromatic rings. The zero-order chi connectivity index (χ0) is 23.5. The van der Waals surface area contributed by atoms with Gasteiger partial charge < -0.3 is 14.8 Å². The minimum Gasteiger partial charge on any atom is -0.490 e. The molecule has 0 saturated heterocycles. The predicted octanol–water partition coefficient (Wildman–Crippen LogP) is 4.91. The highest BCUT2D eigenvalue weighted by atomic mass is 79.9. The lowest BCUT2D eigenvalue weighted by atomic mass is 10.2. The third-order valence-corrected chi connectivity index (χ3v) is 4.89. The Bertz CT molecular complexity index is 1100. The van der Waals surface area contributed by atoms with Gasteiger partial charge in [-0.3, -0.25) is 9.59 Å². The van der Waals surface area contributed by atoms with Crippen molar-refractivity contribution < 1.29 is 19.1 Å². The molecule has 0 unspecified atom stereocenters. The van der Waals surface area contributed by atoms with Crippen LogP contribution in [0.2, 0.25) is 0 Å². The Labute approximate surface area is 200 Å². The van der Waals surface area contributed by atoms with Gasteiger partial charge in [0.15, 0.2) is 11.5 Å². The molecule has 0 spiro atoms. The van der Waals surface area contributed by atoms with Gasteiger partial charge in [0.25, 0.3) is 0 Å². The van der Waals surface area contributed by atoms with Crippen LogP contribution >= 0.6 is 15.9 Å². The molecule has 0 aromatic heterocycles. The summed E-state index contributed by atoms with van der Waals surface area (Å²) in [6, 6.07) is 22.2. The molecule has 7 nitrogen and oxygen atoms in total. The monoisotopic (exact) mass is 509 g/mol. The summed E-state index contributed by atoms with van der Waals surface area (Å²) in [5.74, 6) is 0.254. The molecule has 8 heteroatoms. The van der Waals surface area contributed by atoms with E-state index in [9.17, 15) is 9.59 Å². The smallest absolute Gasteiger partial charge is 0.249 e. The molecule has 3 aromatic carbocycles. The first-order valence-electron chi connectivity index (χ1n) is 10.3. The second kappa shape index (κ2) is 12.4. The summed E-state index contributed by atoms with van der Waals surface area (Å²) < 4.78 is 12.6. The van der Waals surface area contributed by atoms with E-state index in [1.807, 2.05) is 37.3 Å². The lowest BCUT2D eigenvalue weighted by molar-refractivity contribution is -0.126. The van der Waals surface area contributed by atoms with Crippen molar-refractivity contribution in [2.45, 2.75) is 20.0 Å². The van der Waals surface area contributed by atoms with Gasteiger partial charge in [0.05, 0.1) is 12.8 Å². The van der Waals surface area contributed by atoms with Gasteiger partial charge in [0, 0.05) is 10.2 Å². The molecule has 0 heterocycles. The van der Waals surface area contributed by atoms with E-state index in [0.717, 1.165) is 10.0 Å². The molecule has 2 N–H and O–H groups in total. The third-order valence-electron chi connectivity index (χ3n) is 4.36. The van der Waals surface area contributed by atoms with Crippen LogP contribution in [0.4, 0.5) is 5.69 Å². The first kappa shape index (κ1) is 24.0. The van der Waals surface area contributed by atoms with Crippen LogP contribution in [0.15, 0.2) is 82.4 Å². The van der Waals surface area contributed by atoms with Crippen LogP contribution in [0.1, 0.15) is 24.5 Å². The molecule has 0 aliphatic heterocycles. The Hall–Kier alpha value is -3.65. The van der Waals surface area contributed by atoms with Crippen molar-refractivity contribution in [2.24, 2.45) is 5.10 Å². The number of hydrazone groups is 1. The number of benzene rings is 3. The molecule has 0 atom stereocenters. The maximum Gasteiger partial charge on any atom is 0.249 e. The van der Waals surface area contributed by atoms with Crippen molar-refractivity contribution in [3.8, 4) is 11.5 Å². The normalized spacial score (nSPS) is 10.6. The van der Waals surface area contributed by atoms with Crippen molar-refractivity contribution in [2.75, 3.05) is 11.9 Å². The molecule has 0 radical (unpaired) electrons. The first-order chi connectivity index (χ1) is 16.0. The summed E-state index contributed by atoms with van der Waals surface area (Å²) in [5.41, 5.74) is 4.73. The van der Waals surface area contributed by atoms with Crippen molar-refractivity contribution >= 4 is 39.6 Å². The molecule has 0 saturated carbocycles. The van der Waals surface area contributed by atoms with Gasteiger partial charge in [-0.1, -0.05) is 46.3 Å². The third kappa shape index (κ3) is 8.08. The summed E-state index contributed by atoms with van der Waals surface area (Å²) in [4.78, 5) is 23.9. The molecular formula is C25H24BrN3O4. The van der Waals surface area contributed by atoms with Crippen LogP contribution in [0.25, 0.3) is 0 Å². The maximum atomic E-state index is 12.0. The van der Waals surface area contributed by atoms with Gasteiger partial charge in [-0.25, -0.2) is 5.43 Å². The van der Waals surface area contributed by atoms with Crippen LogP contribution in [0.3, 0.4) is 0 Å². The Morgan fingerprint density at radius 2 is 1.70 bits per heavy atom. The number of halogens is 1. The Kier molecular flexibility index (Phi) is 9.02. The SMILES string of the molecule is CCOc1cc(C=NNC(=O)CC(=O)Nc2ccccc2)ccc1OCc1ccc(Br)cc1. The van der Waals surface area contributed by atoms with Crippen LogP contribution in [-0.2, 0) is 16.2 Å². The number of anilines is 1. The fourth-order valence-corrected chi connectivity index (χ4v) is 3.09. The Balaban J connectivity index is 1.53. The molecule has 170 valence electrons. The highest BCUT2D eigenvalue weighted by molar-refractivity contribution is 9.10. The lowest BCUT2D eigenvalue weighted by Gasteiger charge is -2.12. The molecule has 0 fully saturated rings. The van der Waals surface area contributed by atoms with Crippen LogP contribution < -0.4 is 20.2 Å². The summed E-state index contributed by atoms with van der Waals surface area (Å²) in [6.07, 6.45) is 1.15. The minimum absolute atomic E-state index is 0.334. The van der Waals surface area contributed by atoms with E-state index in [0.29, 0.717) is 36.0 Å². The van der Waals surface area contributed by atoms with Gasteiger partial charge in [-0.05, 0) is 60.5 Å². The van der Waals surface area contributed by atoms with E-state index in [2.05, 4.69) is 31.8 Å². The van der Waals surface area contributed by atoms with E-state index in [1.54, 1.807) is 42.5 Å². The topological polar surface area (TPSA) is 89.0 Å². The number of amides is 2. The van der Waals surface area contributed by atoms with Crippen LogP contribution in [0, 0.1) is 0 Å². The molecule has 3 rings (SSSR count). The van der Waals surface area contributed by atoms with Crippen molar-refractivity contribution in [1.82, 2.24) is 5.43 Å². The Morgan fingerprint density at radius 3 is 2.42 bits per heavy atom. The summed E-state index contributed by atoms with van der Waals surface area (Å²) in [5, 5.41) is 6.58. The van der Waals surface area contributed by atoms with Crippen molar-refractivity contribution in [3.05, 3.63) is 88.4 Å². The number of carbonyl (C=O) groups is 2. The second-order valence-corrected chi connectivity index (χ2v) is 7.85. The number of hydrogen-bond acceptors (Lipinski definition) is 5. The number of nitrogens with one attached hydrogen (secondary N) is 2. The van der Waals surface area contributed by atoms with Gasteiger partial charge in [-0.2, -0.15) is 5.10 Å². The number of hydrogen-bond donors (Lipinski definition) is 2. The largest absolute Gasteiger partial charge is 0.490 e. The second-order valence-electron chi connectivity index (χ2n) is 6.94. The highest BCUT2D eigenvalue weighted by Crippen LogP contribution is 2.29. The molecule has 2 amide bonds. The van der Waals surface area contributed by atoms with Crippen molar-refractivity contribution in [3.63, 3.8) is 0 Å². The maximum absolute atomic E-state index is 12.0. The van der Waals surface area contributed by atoms with Gasteiger partial charge in [-0.15, -0.1) is 0 Å². The number of rotatable bonds is 10. The average molecular weight is 510 g/mol. The number of ether oxygens (including phenoxy) is 2. The number of para-hydroxylation sites is 1. The fourth-order valence-electron chi connectivity index (χ4n) is 2.83. The standard InChI is InChI=1S/C25H24BrN3O4/c1-2-32-23-14-19(10-13-22(23)33-17-18-8-11-20(26)12-9-18)16-27-29-25(31)15-24(30)28-21-6-4-3-5-7-21/h3-14,16H,2,15,17H2,1H3,(H,28,30)(H,29,31). The summed E-state index contributed by atoms with van der Waals surface area (Å²) in [6.45, 7) is 2.77. The molecule has 0 aliphatic rings. The van der Waals surface area contributed by atoms with E-state index < -0.39 is 11.8 Å². The van der Waals surface area contributed by atoms with E-state index in [-0.39, 0.29) is 6.42 Å². The number of carbonyl (C=O) groups excluding carboxylic acids is 2. The van der Waals surface area contributed by atoms with E-state index in [4.69, 9.17) is 9.47 Å². The minimum atomic E-state index is -0.515. The summed E-state index contributed by atoms with van der Waals surface area (Å²) >= 11 is 3.42. The van der Waals surface area contributed by atoms with E-state index >= 15 is 0 Å². The van der Waals surface area contributed by atoms with Crippen LogP contribution in [0.5, 0.6) is 11.5 Å². The molecule has 0 bridgehead atoms. The van der Waals surface area contributed by atoms with Gasteiger partial charge >= 0.3 is 0 Å². The van der Waals surface area contributed by atoms with Gasteiger partial charge in [0.2, 0.25) is 11.8 Å². The molecule has 0 aliphatic carbocycles. The zero-order valence-electron chi connectivity index (χ0n) is 18.1. The summed E-state index contributed by atoms with van der Waals surface area (Å²) in [7, 11) is 0. The highest BCUT2D eigenvalue weighted by Gasteiger charge is 2.09. The number of nitrogens with zero attached hydrogens (tertiary/aromatic N) is 1. The first-order valence-corrected chi connectivity index (χ1v) is 11.1. The van der Waals surface area contributed by atoms with Gasteiger partial charge in [0.1, 0.15) is 13.0 Å². The fraction of sp³-hybridized carbons (Fsp3) is 0.160. The average Bonchev–Trinajstić information content (AvgIpc) is 2.80. The molecular weight excluding hydrogens is 486 g/mol. The quantitative estimate of drug-likeness (QED) is 0.231. The predicted molar refractivity (Wildman–Crippen MR) is 132 cm³/mol. The Morgan fingerprint density at radius 1 is 0.939 bits per heavy atom.